The zero-order chi connectivity index (χ0) is 18.0. The zero-order valence-electron chi connectivity index (χ0n) is 16.0. The lowest BCUT2D eigenvalue weighted by molar-refractivity contribution is -0.141. The van der Waals surface area contributed by atoms with E-state index in [0.717, 1.165) is 32.4 Å². The molecule has 2 aliphatic carbocycles. The summed E-state index contributed by atoms with van der Waals surface area (Å²) in [6, 6.07) is 11.0. The molecule has 2 unspecified atom stereocenters. The van der Waals surface area contributed by atoms with Gasteiger partial charge in [-0.1, -0.05) is 49.6 Å². The molecule has 2 atom stereocenters. The molecule has 3 aliphatic rings. The normalized spacial score (nSPS) is 27.1. The van der Waals surface area contributed by atoms with E-state index in [-0.39, 0.29) is 5.92 Å². The number of carbonyl (C=O) groups is 1. The van der Waals surface area contributed by atoms with E-state index in [9.17, 15) is 4.79 Å². The number of nitrogens with zero attached hydrogens (tertiary/aromatic N) is 1. The summed E-state index contributed by atoms with van der Waals surface area (Å²) in [6.45, 7) is 1.84. The molecule has 1 aromatic carbocycles. The Labute approximate surface area is 158 Å². The van der Waals surface area contributed by atoms with Gasteiger partial charge in [-0.3, -0.25) is 4.79 Å². The first-order valence-corrected chi connectivity index (χ1v) is 10.8. The number of likely N-dealkylation sites (tertiary alicyclic amines) is 1. The van der Waals surface area contributed by atoms with Crippen molar-refractivity contribution in [2.75, 3.05) is 13.1 Å². The highest BCUT2D eigenvalue weighted by atomic mass is 16.2. The van der Waals surface area contributed by atoms with Gasteiger partial charge in [-0.2, -0.15) is 0 Å². The second-order valence-corrected chi connectivity index (χ2v) is 9.03. The van der Waals surface area contributed by atoms with Crippen LogP contribution in [0.5, 0.6) is 0 Å². The van der Waals surface area contributed by atoms with Crippen LogP contribution >= 0.6 is 0 Å². The first-order valence-electron chi connectivity index (χ1n) is 10.8. The van der Waals surface area contributed by atoms with E-state index in [2.05, 4.69) is 35.2 Å². The fraction of sp³-hybridized carbons (Fsp3) is 0.696. The molecule has 3 nitrogen and oxygen atoms in total. The summed E-state index contributed by atoms with van der Waals surface area (Å²) in [4.78, 5) is 15.7. The van der Waals surface area contributed by atoms with Crippen molar-refractivity contribution in [3.63, 3.8) is 0 Å². The summed E-state index contributed by atoms with van der Waals surface area (Å²) in [6.07, 6.45) is 12.0. The van der Waals surface area contributed by atoms with Gasteiger partial charge in [0, 0.05) is 25.0 Å². The first kappa shape index (κ1) is 18.0. The van der Waals surface area contributed by atoms with Gasteiger partial charge >= 0.3 is 0 Å². The minimum atomic E-state index is 0.168. The van der Waals surface area contributed by atoms with Gasteiger partial charge in [0.2, 0.25) is 5.91 Å². The smallest absolute Gasteiger partial charge is 0.226 e. The number of hydrogen-bond acceptors (Lipinski definition) is 2. The van der Waals surface area contributed by atoms with Gasteiger partial charge in [-0.25, -0.2) is 0 Å². The van der Waals surface area contributed by atoms with E-state index < -0.39 is 0 Å². The molecular weight excluding hydrogens is 320 g/mol. The number of carbonyl (C=O) groups excluding carboxylic acids is 1. The van der Waals surface area contributed by atoms with E-state index in [1.54, 1.807) is 0 Å². The van der Waals surface area contributed by atoms with Gasteiger partial charge in [0.15, 0.2) is 0 Å². The van der Waals surface area contributed by atoms with Crippen LogP contribution in [-0.2, 0) is 11.2 Å². The first-order chi connectivity index (χ1) is 12.7. The SMILES string of the molecule is NC1CCC12CCN(C(=O)C(Cc1ccccc1)C1CCCCC1)CC2. The van der Waals surface area contributed by atoms with Gasteiger partial charge in [0.1, 0.15) is 0 Å². The molecule has 3 fully saturated rings. The van der Waals surface area contributed by atoms with Crippen molar-refractivity contribution in [1.29, 1.82) is 0 Å². The van der Waals surface area contributed by atoms with Crippen LogP contribution in [0.25, 0.3) is 0 Å². The van der Waals surface area contributed by atoms with Crippen LogP contribution in [-0.4, -0.2) is 29.9 Å². The molecule has 2 N–H and O–H groups in total. The summed E-state index contributed by atoms with van der Waals surface area (Å²) >= 11 is 0. The molecule has 0 bridgehead atoms. The van der Waals surface area contributed by atoms with Crippen molar-refractivity contribution in [2.24, 2.45) is 23.0 Å². The van der Waals surface area contributed by atoms with Crippen LogP contribution < -0.4 is 5.73 Å². The van der Waals surface area contributed by atoms with Crippen LogP contribution in [0.1, 0.15) is 63.4 Å². The second kappa shape index (κ2) is 7.72. The van der Waals surface area contributed by atoms with Gasteiger partial charge in [0.05, 0.1) is 0 Å². The van der Waals surface area contributed by atoms with E-state index in [4.69, 9.17) is 5.73 Å². The third kappa shape index (κ3) is 3.55. The van der Waals surface area contributed by atoms with Crippen molar-refractivity contribution in [2.45, 2.75) is 70.3 Å². The summed E-state index contributed by atoms with van der Waals surface area (Å²) in [7, 11) is 0. The number of amides is 1. The number of piperidine rings is 1. The van der Waals surface area contributed by atoms with Gasteiger partial charge in [0.25, 0.3) is 0 Å². The molecule has 0 radical (unpaired) electrons. The lowest BCUT2D eigenvalue weighted by Gasteiger charge is -2.53. The second-order valence-electron chi connectivity index (χ2n) is 9.03. The maximum absolute atomic E-state index is 13.5. The van der Waals surface area contributed by atoms with Crippen LogP contribution in [0, 0.1) is 17.3 Å². The molecular formula is C23H34N2O. The van der Waals surface area contributed by atoms with Crippen molar-refractivity contribution in [3.8, 4) is 0 Å². The molecule has 1 spiro atoms. The van der Waals surface area contributed by atoms with Crippen LogP contribution in [0.2, 0.25) is 0 Å². The Balaban J connectivity index is 1.45. The molecule has 1 saturated heterocycles. The average molecular weight is 355 g/mol. The number of nitrogens with two attached hydrogens (primary N) is 1. The lowest BCUT2D eigenvalue weighted by Crippen LogP contribution is -2.57. The molecule has 0 aromatic heterocycles. The predicted octanol–water partition coefficient (Wildman–Crippen LogP) is 4.16. The fourth-order valence-electron chi connectivity index (χ4n) is 5.61. The average Bonchev–Trinajstić information content (AvgIpc) is 2.72. The Morgan fingerprint density at radius 2 is 1.73 bits per heavy atom. The molecule has 4 rings (SSSR count). The highest BCUT2D eigenvalue weighted by Gasteiger charge is 2.47. The highest BCUT2D eigenvalue weighted by molar-refractivity contribution is 5.79. The Kier molecular flexibility index (Phi) is 5.35. The van der Waals surface area contributed by atoms with Crippen molar-refractivity contribution in [1.82, 2.24) is 4.90 Å². The fourth-order valence-corrected chi connectivity index (χ4v) is 5.61. The number of benzene rings is 1. The zero-order valence-corrected chi connectivity index (χ0v) is 16.0. The molecule has 1 aromatic rings. The predicted molar refractivity (Wildman–Crippen MR) is 106 cm³/mol. The van der Waals surface area contributed by atoms with Gasteiger partial charge in [-0.15, -0.1) is 0 Å². The molecule has 142 valence electrons. The minimum Gasteiger partial charge on any atom is -0.342 e. The molecule has 1 heterocycles. The monoisotopic (exact) mass is 354 g/mol. The standard InChI is InChI=1S/C23H34N2O/c24-21-11-12-23(21)13-15-25(16-14-23)22(26)20(19-9-5-2-6-10-19)17-18-7-3-1-4-8-18/h1,3-4,7-8,19-21H,2,5-6,9-17,24H2. The third-order valence-corrected chi connectivity index (χ3v) is 7.65. The van der Waals surface area contributed by atoms with Crippen LogP contribution in [0.3, 0.4) is 0 Å². The molecule has 3 heteroatoms. The molecule has 1 aliphatic heterocycles. The number of hydrogen-bond donors (Lipinski definition) is 1. The minimum absolute atomic E-state index is 0.168. The Morgan fingerprint density at radius 3 is 2.31 bits per heavy atom. The summed E-state index contributed by atoms with van der Waals surface area (Å²) in [5.41, 5.74) is 7.95. The van der Waals surface area contributed by atoms with Crippen LogP contribution in [0.15, 0.2) is 30.3 Å². The Hall–Kier alpha value is -1.35. The maximum atomic E-state index is 13.5. The summed E-state index contributed by atoms with van der Waals surface area (Å²) in [5.74, 6) is 1.16. The lowest BCUT2D eigenvalue weighted by atomic mass is 9.59. The van der Waals surface area contributed by atoms with Crippen molar-refractivity contribution in [3.05, 3.63) is 35.9 Å². The molecule has 26 heavy (non-hydrogen) atoms. The van der Waals surface area contributed by atoms with Crippen molar-refractivity contribution < 1.29 is 4.79 Å². The maximum Gasteiger partial charge on any atom is 0.226 e. The van der Waals surface area contributed by atoms with E-state index in [0.29, 0.717) is 23.3 Å². The summed E-state index contributed by atoms with van der Waals surface area (Å²) < 4.78 is 0. The Bertz CT molecular complexity index is 600. The summed E-state index contributed by atoms with van der Waals surface area (Å²) in [5, 5.41) is 0. The quantitative estimate of drug-likeness (QED) is 0.883. The topological polar surface area (TPSA) is 46.3 Å². The van der Waals surface area contributed by atoms with Gasteiger partial charge in [-0.05, 0) is 61.8 Å². The van der Waals surface area contributed by atoms with E-state index in [1.807, 2.05) is 0 Å². The van der Waals surface area contributed by atoms with E-state index in [1.165, 1.54) is 50.5 Å². The molecule has 1 amide bonds. The van der Waals surface area contributed by atoms with E-state index >= 15 is 0 Å². The largest absolute Gasteiger partial charge is 0.342 e. The third-order valence-electron chi connectivity index (χ3n) is 7.65. The Morgan fingerprint density at radius 1 is 1.04 bits per heavy atom. The molecule has 2 saturated carbocycles. The highest BCUT2D eigenvalue weighted by Crippen LogP contribution is 2.48. The van der Waals surface area contributed by atoms with Crippen molar-refractivity contribution >= 4 is 5.91 Å². The van der Waals surface area contributed by atoms with Gasteiger partial charge < -0.3 is 10.6 Å². The van der Waals surface area contributed by atoms with Crippen LogP contribution in [0.4, 0.5) is 0 Å². The number of rotatable bonds is 4.